The Bertz CT molecular complexity index is 1200. The first-order valence-corrected chi connectivity index (χ1v) is 18.9. The second-order valence-electron chi connectivity index (χ2n) is 6.59. The predicted octanol–water partition coefficient (Wildman–Crippen LogP) is 6.60. The van der Waals surface area contributed by atoms with Crippen LogP contribution in [-0.2, 0) is 19.9 Å². The van der Waals surface area contributed by atoms with E-state index in [1.165, 1.54) is 8.99 Å². The molecule has 28 heavy (non-hydrogen) atoms. The van der Waals surface area contributed by atoms with E-state index < -0.39 is 5.87 Å². The molecule has 3 heterocycles. The lowest BCUT2D eigenvalue weighted by atomic mass is 9.77. The van der Waals surface area contributed by atoms with Crippen LogP contribution in [0.15, 0.2) is 68.6 Å². The molecule has 5 rings (SSSR count). The molecule has 0 aromatic heterocycles. The molecule has 0 radical (unpaired) electrons. The van der Waals surface area contributed by atoms with Gasteiger partial charge < -0.3 is 9.47 Å². The van der Waals surface area contributed by atoms with Gasteiger partial charge in [-0.05, 0) is 104 Å². The zero-order valence-electron chi connectivity index (χ0n) is 13.9. The molecule has 1 unspecified atom stereocenters. The fourth-order valence-corrected chi connectivity index (χ4v) is 12.5. The highest BCUT2D eigenvalue weighted by Gasteiger charge is 2.61. The summed E-state index contributed by atoms with van der Waals surface area (Å²) in [6.07, 6.45) is 7.60. The zero-order chi connectivity index (χ0) is 19.9. The van der Waals surface area contributed by atoms with E-state index in [4.69, 9.17) is 9.47 Å². The van der Waals surface area contributed by atoms with Crippen molar-refractivity contribution in [3.05, 3.63) is 79.7 Å². The van der Waals surface area contributed by atoms with E-state index in [9.17, 15) is 9.59 Å². The number of esters is 1. The smallest absolute Gasteiger partial charge is 0.340 e. The summed E-state index contributed by atoms with van der Waals surface area (Å²) in [5.74, 6) is 0.750. The largest absolute Gasteiger partial charge is 0.456 e. The molecule has 4 nitrogen and oxygen atoms in total. The van der Waals surface area contributed by atoms with E-state index in [2.05, 4.69) is 86.2 Å². The molecule has 0 bridgehead atoms. The number of hydrogen-bond acceptors (Lipinski definition) is 4. The van der Waals surface area contributed by atoms with Gasteiger partial charge in [0.25, 0.3) is 0 Å². The summed E-state index contributed by atoms with van der Waals surface area (Å²) >= 11 is 9.87. The Balaban J connectivity index is 1.99. The van der Waals surface area contributed by atoms with Crippen molar-refractivity contribution in [3.8, 4) is 0 Å². The number of rotatable bonds is 0. The summed E-state index contributed by atoms with van der Waals surface area (Å²) in [5, 5.41) is 0. The SMILES string of the molecule is O=C1C=C2OC3=CC=C(I)S(I)(I)(I)=C3C3(OC(=O)c4ccccc43)C2=CC1. The lowest BCUT2D eigenvalue weighted by molar-refractivity contribution is -0.114. The molecule has 0 saturated carbocycles. The lowest BCUT2D eigenvalue weighted by Crippen LogP contribution is -2.46. The summed E-state index contributed by atoms with van der Waals surface area (Å²) in [4.78, 5) is 26.0. The molecular weight excluding hydrogens is 832 g/mol. The molecule has 1 saturated heterocycles. The molecule has 1 aromatic rings. The van der Waals surface area contributed by atoms with Crippen LogP contribution >= 0.6 is 86.5 Å². The molecule has 1 fully saturated rings. The Kier molecular flexibility index (Phi) is 4.60. The number of fused-ring (bicyclic) bond motifs is 6. The van der Waals surface area contributed by atoms with Gasteiger partial charge in [-0.25, -0.2) is 4.79 Å². The van der Waals surface area contributed by atoms with Gasteiger partial charge in [-0.1, -0.05) is 24.5 Å². The van der Waals surface area contributed by atoms with Crippen LogP contribution in [0.1, 0.15) is 22.3 Å². The highest BCUT2D eigenvalue weighted by atomic mass is 127. The molecule has 3 aliphatic heterocycles. The van der Waals surface area contributed by atoms with Gasteiger partial charge in [0.1, 0.15) is 11.5 Å². The molecule has 1 spiro atoms. The van der Waals surface area contributed by atoms with Crippen LogP contribution in [0.4, 0.5) is 0 Å². The van der Waals surface area contributed by atoms with Crippen molar-refractivity contribution >= 4 is 103 Å². The normalized spacial score (nSPS) is 30.3. The Morgan fingerprint density at radius 3 is 2.57 bits per heavy atom. The van der Waals surface area contributed by atoms with Crippen molar-refractivity contribution in [2.75, 3.05) is 0 Å². The maximum absolute atomic E-state index is 12.9. The standard InChI is InChI=1S/C19H10I4O4S/c20-16-8-7-14-17(28(16,21,22)23)19(13-6-5-10(24)9-15(13)26-14)12-4-2-1-3-11(12)18(25)27-19/h1-4,6-9H,5H2. The predicted molar refractivity (Wildman–Crippen MR) is 145 cm³/mol. The average Bonchev–Trinajstić information content (AvgIpc) is 2.91. The second-order valence-corrected chi connectivity index (χ2v) is 41.8. The fraction of sp³-hybridized carbons (Fsp3) is 0.105. The molecule has 144 valence electrons. The van der Waals surface area contributed by atoms with Crippen LogP contribution in [0.3, 0.4) is 0 Å². The van der Waals surface area contributed by atoms with Crippen LogP contribution < -0.4 is 0 Å². The third-order valence-electron chi connectivity index (χ3n) is 5.00. The number of halogens is 4. The molecule has 1 aromatic carbocycles. The van der Waals surface area contributed by atoms with E-state index >= 15 is 0 Å². The van der Waals surface area contributed by atoms with Crippen LogP contribution in [0.5, 0.6) is 0 Å². The van der Waals surface area contributed by atoms with E-state index in [-0.39, 0.29) is 18.2 Å². The molecular formula is C19H10I4O4S. The first kappa shape index (κ1) is 20.2. The molecule has 4 aliphatic rings. The van der Waals surface area contributed by atoms with Crippen LogP contribution in [0.25, 0.3) is 0 Å². The third-order valence-corrected chi connectivity index (χ3v) is 25.7. The molecule has 1 aliphatic carbocycles. The summed E-state index contributed by atoms with van der Waals surface area (Å²) in [6, 6.07) is 7.51. The average molecular weight is 842 g/mol. The number of ketones is 1. The summed E-state index contributed by atoms with van der Waals surface area (Å²) < 4.78 is 11.2. The van der Waals surface area contributed by atoms with Gasteiger partial charge in [0.2, 0.25) is 5.60 Å². The Hall–Kier alpha value is 0.260. The Morgan fingerprint density at radius 1 is 1.04 bits per heavy atom. The van der Waals surface area contributed by atoms with Gasteiger partial charge >= 0.3 is 5.97 Å². The number of hydrogen-bond donors (Lipinski definition) is 0. The monoisotopic (exact) mass is 842 g/mol. The maximum Gasteiger partial charge on any atom is 0.340 e. The summed E-state index contributed by atoms with van der Waals surface area (Å²) in [6.45, 7) is 0. The quantitative estimate of drug-likeness (QED) is 0.168. The van der Waals surface area contributed by atoms with Crippen molar-refractivity contribution in [2.24, 2.45) is 0 Å². The molecule has 0 amide bonds. The first-order chi connectivity index (χ1) is 13.1. The minimum Gasteiger partial charge on any atom is -0.456 e. The van der Waals surface area contributed by atoms with E-state index in [0.29, 0.717) is 17.1 Å². The van der Waals surface area contributed by atoms with Gasteiger partial charge in [0.15, 0.2) is 5.78 Å². The van der Waals surface area contributed by atoms with Gasteiger partial charge in [0, 0.05) is 23.6 Å². The highest BCUT2D eigenvalue weighted by Crippen LogP contribution is 2.90. The molecule has 9 heteroatoms. The molecule has 1 atom stereocenters. The van der Waals surface area contributed by atoms with Gasteiger partial charge in [-0.15, -0.1) is 0 Å². The van der Waals surface area contributed by atoms with Crippen LogP contribution in [0.2, 0.25) is 0 Å². The number of carbonyl (C=O) groups excluding carboxylic acids is 2. The van der Waals surface area contributed by atoms with E-state index in [1.54, 1.807) is 6.07 Å². The van der Waals surface area contributed by atoms with Crippen molar-refractivity contribution in [2.45, 2.75) is 12.0 Å². The highest BCUT2D eigenvalue weighted by molar-refractivity contribution is 14.5. The number of benzene rings is 1. The van der Waals surface area contributed by atoms with Crippen LogP contribution in [0, 0.1) is 0 Å². The van der Waals surface area contributed by atoms with E-state index in [0.717, 1.165) is 16.0 Å². The summed E-state index contributed by atoms with van der Waals surface area (Å²) in [5.41, 5.74) is 1.04. The Morgan fingerprint density at radius 2 is 1.79 bits per heavy atom. The van der Waals surface area contributed by atoms with Crippen molar-refractivity contribution < 1.29 is 19.1 Å². The van der Waals surface area contributed by atoms with Crippen molar-refractivity contribution in [1.82, 2.24) is 0 Å². The topological polar surface area (TPSA) is 52.6 Å². The number of ether oxygens (including phenoxy) is 2. The van der Waals surface area contributed by atoms with Crippen LogP contribution in [-0.4, -0.2) is 16.6 Å². The van der Waals surface area contributed by atoms with E-state index in [1.807, 2.05) is 36.4 Å². The van der Waals surface area contributed by atoms with Crippen molar-refractivity contribution in [1.29, 1.82) is 0 Å². The van der Waals surface area contributed by atoms with Gasteiger partial charge in [0.05, 0.1) is 13.3 Å². The van der Waals surface area contributed by atoms with Gasteiger partial charge in [-0.3, -0.25) is 4.79 Å². The van der Waals surface area contributed by atoms with Gasteiger partial charge in [-0.2, -0.15) is 0 Å². The minimum absolute atomic E-state index is 0.0227. The second kappa shape index (κ2) is 6.38. The first-order valence-electron chi connectivity index (χ1n) is 8.15. The minimum atomic E-state index is -2.43. The third kappa shape index (κ3) is 2.60. The zero-order valence-corrected chi connectivity index (χ0v) is 23.3. The lowest BCUT2D eigenvalue weighted by Gasteiger charge is -2.48. The fourth-order valence-electron chi connectivity index (χ4n) is 3.89. The maximum atomic E-state index is 12.9. The number of carbonyl (C=O) groups is 2. The molecule has 0 N–H and O–H groups in total. The number of allylic oxidation sites excluding steroid dienone is 4. The Labute approximate surface area is 211 Å². The summed E-state index contributed by atoms with van der Waals surface area (Å²) in [7, 11) is 0. The van der Waals surface area contributed by atoms with Crippen molar-refractivity contribution in [3.63, 3.8) is 0 Å².